The van der Waals surface area contributed by atoms with E-state index in [9.17, 15) is 13.2 Å². The van der Waals surface area contributed by atoms with Crippen molar-refractivity contribution in [2.75, 3.05) is 48.6 Å². The molecule has 10 heteroatoms. The molecule has 3 aromatic carbocycles. The quantitative estimate of drug-likeness (QED) is 0.212. The molecule has 4 rings (SSSR count). The van der Waals surface area contributed by atoms with E-state index in [-0.39, 0.29) is 12.1 Å². The van der Waals surface area contributed by atoms with Crippen molar-refractivity contribution in [3.8, 4) is 34.4 Å². The van der Waals surface area contributed by atoms with E-state index >= 15 is 0 Å². The molecule has 0 bridgehead atoms. The highest BCUT2D eigenvalue weighted by Gasteiger charge is 2.33. The molecule has 0 amide bonds. The van der Waals surface area contributed by atoms with Crippen LogP contribution in [0.25, 0.3) is 22.4 Å². The number of imidazole rings is 1. The monoisotopic (exact) mass is 543 g/mol. The number of methoxy groups -OCH3 is 3. The van der Waals surface area contributed by atoms with Gasteiger partial charge >= 0.3 is 6.18 Å². The van der Waals surface area contributed by atoms with Crippen molar-refractivity contribution in [1.29, 1.82) is 0 Å². The lowest BCUT2D eigenvalue weighted by Crippen LogP contribution is -2.15. The summed E-state index contributed by atoms with van der Waals surface area (Å²) in [6.07, 6.45) is -3.67. The molecule has 208 valence electrons. The molecule has 0 radical (unpaired) electrons. The first-order valence-electron chi connectivity index (χ1n) is 12.4. The fourth-order valence-electron chi connectivity index (χ4n) is 4.46. The third kappa shape index (κ3) is 6.22. The van der Waals surface area contributed by atoms with Crippen LogP contribution in [0.4, 0.5) is 13.2 Å². The fraction of sp³-hybridized carbons (Fsp3) is 0.345. The van der Waals surface area contributed by atoms with Gasteiger partial charge in [0.15, 0.2) is 11.5 Å². The van der Waals surface area contributed by atoms with Crippen LogP contribution in [0.15, 0.2) is 54.6 Å². The molecule has 0 unspecified atom stereocenters. The number of benzene rings is 3. The van der Waals surface area contributed by atoms with Crippen LogP contribution in [0.2, 0.25) is 0 Å². The summed E-state index contributed by atoms with van der Waals surface area (Å²) >= 11 is 0. The second kappa shape index (κ2) is 11.9. The highest BCUT2D eigenvalue weighted by Crippen LogP contribution is 2.42. The van der Waals surface area contributed by atoms with E-state index in [2.05, 4.69) is 4.90 Å². The minimum absolute atomic E-state index is 0.0672. The number of fused-ring (bicyclic) bond motifs is 1. The molecule has 1 heterocycles. The van der Waals surface area contributed by atoms with Gasteiger partial charge in [-0.05, 0) is 56.4 Å². The average molecular weight is 544 g/mol. The van der Waals surface area contributed by atoms with Gasteiger partial charge in [-0.2, -0.15) is 13.2 Å². The summed E-state index contributed by atoms with van der Waals surface area (Å²) in [6, 6.07) is 14.5. The number of ether oxygens (including phenoxy) is 4. The Bertz CT molecular complexity index is 1410. The Morgan fingerprint density at radius 1 is 0.897 bits per heavy atom. The summed E-state index contributed by atoms with van der Waals surface area (Å²) in [5.41, 5.74) is 1.28. The zero-order valence-electron chi connectivity index (χ0n) is 22.6. The smallest absolute Gasteiger partial charge is 0.416 e. The maximum Gasteiger partial charge on any atom is 0.416 e. The number of halogens is 3. The number of alkyl halides is 3. The lowest BCUT2D eigenvalue weighted by atomic mass is 10.1. The first kappa shape index (κ1) is 28.1. The van der Waals surface area contributed by atoms with Crippen molar-refractivity contribution in [2.45, 2.75) is 19.1 Å². The van der Waals surface area contributed by atoms with Gasteiger partial charge in [0.2, 0.25) is 5.75 Å². The van der Waals surface area contributed by atoms with Crippen molar-refractivity contribution < 1.29 is 32.1 Å². The van der Waals surface area contributed by atoms with Crippen molar-refractivity contribution >= 4 is 11.0 Å². The average Bonchev–Trinajstić information content (AvgIpc) is 3.27. The standard InChI is InChI=1S/C29H32F3N3O4/c1-34(2)13-8-14-39-21-11-12-23-24(17-21)35(18-19-9-6-7-10-22(19)29(30,31)32)28(33-23)20-15-25(36-3)27(38-5)26(16-20)37-4/h6-7,9-12,15-17H,8,13-14,18H2,1-5H3. The van der Waals surface area contributed by atoms with Crippen LogP contribution in [-0.4, -0.2) is 63.0 Å². The lowest BCUT2D eigenvalue weighted by Gasteiger charge is -2.17. The molecule has 7 nitrogen and oxygen atoms in total. The number of aromatic nitrogens is 2. The van der Waals surface area contributed by atoms with Crippen LogP contribution in [0, 0.1) is 0 Å². The predicted molar refractivity (Wildman–Crippen MR) is 144 cm³/mol. The van der Waals surface area contributed by atoms with E-state index in [1.54, 1.807) is 22.8 Å². The van der Waals surface area contributed by atoms with Gasteiger partial charge in [0.25, 0.3) is 0 Å². The number of nitrogens with zero attached hydrogens (tertiary/aromatic N) is 3. The normalized spacial score (nSPS) is 11.7. The van der Waals surface area contributed by atoms with Gasteiger partial charge in [0.05, 0.1) is 51.1 Å². The fourth-order valence-corrected chi connectivity index (χ4v) is 4.46. The minimum atomic E-state index is -4.50. The Balaban J connectivity index is 1.87. The van der Waals surface area contributed by atoms with Crippen molar-refractivity contribution in [3.63, 3.8) is 0 Å². The maximum atomic E-state index is 13.9. The van der Waals surface area contributed by atoms with Crippen molar-refractivity contribution in [3.05, 3.63) is 65.7 Å². The van der Waals surface area contributed by atoms with Crippen LogP contribution in [0.3, 0.4) is 0 Å². The molecule has 0 fully saturated rings. The molecular weight excluding hydrogens is 511 g/mol. The van der Waals surface area contributed by atoms with E-state index < -0.39 is 11.7 Å². The molecule has 0 atom stereocenters. The summed E-state index contributed by atoms with van der Waals surface area (Å²) in [4.78, 5) is 6.88. The third-order valence-corrected chi connectivity index (χ3v) is 6.31. The second-order valence-corrected chi connectivity index (χ2v) is 9.25. The van der Waals surface area contributed by atoms with Crippen LogP contribution in [-0.2, 0) is 12.7 Å². The van der Waals surface area contributed by atoms with E-state index in [4.69, 9.17) is 23.9 Å². The van der Waals surface area contributed by atoms with E-state index in [1.165, 1.54) is 33.5 Å². The zero-order chi connectivity index (χ0) is 28.2. The highest BCUT2D eigenvalue weighted by atomic mass is 19.4. The van der Waals surface area contributed by atoms with Crippen molar-refractivity contribution in [1.82, 2.24) is 14.5 Å². The SMILES string of the molecule is COc1cc(-c2nc3ccc(OCCCN(C)C)cc3n2Cc2ccccc2C(F)(F)F)cc(OC)c1OC. The van der Waals surface area contributed by atoms with Crippen LogP contribution in [0.1, 0.15) is 17.5 Å². The molecule has 0 saturated heterocycles. The molecule has 0 N–H and O–H groups in total. The Kier molecular flexibility index (Phi) is 8.54. The van der Waals surface area contributed by atoms with Gasteiger partial charge in [-0.25, -0.2) is 4.98 Å². The Morgan fingerprint density at radius 2 is 1.59 bits per heavy atom. The van der Waals surface area contributed by atoms with E-state index in [0.717, 1.165) is 19.0 Å². The first-order chi connectivity index (χ1) is 18.7. The Morgan fingerprint density at radius 3 is 2.21 bits per heavy atom. The number of hydrogen-bond donors (Lipinski definition) is 0. The Hall–Kier alpha value is -3.92. The molecule has 4 aromatic rings. The maximum absolute atomic E-state index is 13.9. The molecule has 39 heavy (non-hydrogen) atoms. The molecule has 0 aliphatic rings. The van der Waals surface area contributed by atoms with Gasteiger partial charge in [0.1, 0.15) is 11.6 Å². The number of hydrogen-bond acceptors (Lipinski definition) is 6. The largest absolute Gasteiger partial charge is 0.493 e. The summed E-state index contributed by atoms with van der Waals surface area (Å²) in [7, 11) is 8.50. The molecule has 0 saturated carbocycles. The van der Waals surface area contributed by atoms with E-state index in [1.807, 2.05) is 32.3 Å². The highest BCUT2D eigenvalue weighted by molar-refractivity contribution is 5.83. The van der Waals surface area contributed by atoms with Gasteiger partial charge in [-0.15, -0.1) is 0 Å². The first-order valence-corrected chi connectivity index (χ1v) is 12.4. The summed E-state index contributed by atoms with van der Waals surface area (Å²) in [5.74, 6) is 2.29. The summed E-state index contributed by atoms with van der Waals surface area (Å²) in [6.45, 7) is 1.32. The molecule has 1 aromatic heterocycles. The Labute approximate surface area is 225 Å². The van der Waals surface area contributed by atoms with Crippen molar-refractivity contribution in [2.24, 2.45) is 0 Å². The topological polar surface area (TPSA) is 58.0 Å². The van der Waals surface area contributed by atoms with Gasteiger partial charge in [-0.3, -0.25) is 0 Å². The predicted octanol–water partition coefficient (Wildman–Crippen LogP) is 6.13. The molecule has 0 spiro atoms. The van der Waals surface area contributed by atoms with Gasteiger partial charge in [0, 0.05) is 18.2 Å². The van der Waals surface area contributed by atoms with Crippen LogP contribution < -0.4 is 18.9 Å². The third-order valence-electron chi connectivity index (χ3n) is 6.31. The van der Waals surface area contributed by atoms with Gasteiger partial charge in [-0.1, -0.05) is 18.2 Å². The van der Waals surface area contributed by atoms with E-state index in [0.29, 0.717) is 52.0 Å². The summed E-state index contributed by atoms with van der Waals surface area (Å²) in [5, 5.41) is 0. The number of rotatable bonds is 11. The van der Waals surface area contributed by atoms with Crippen LogP contribution >= 0.6 is 0 Å². The van der Waals surface area contributed by atoms with Crippen LogP contribution in [0.5, 0.6) is 23.0 Å². The molecule has 0 aliphatic heterocycles. The minimum Gasteiger partial charge on any atom is -0.493 e. The second-order valence-electron chi connectivity index (χ2n) is 9.25. The van der Waals surface area contributed by atoms with Gasteiger partial charge < -0.3 is 28.4 Å². The lowest BCUT2D eigenvalue weighted by molar-refractivity contribution is -0.138. The zero-order valence-corrected chi connectivity index (χ0v) is 22.6. The molecular formula is C29H32F3N3O4. The molecule has 0 aliphatic carbocycles. The summed E-state index contributed by atoms with van der Waals surface area (Å²) < 4.78 is 65.9.